The average Bonchev–Trinajstić information content (AvgIpc) is 2.58. The van der Waals surface area contributed by atoms with Crippen LogP contribution in [-0.4, -0.2) is 26.2 Å². The zero-order chi connectivity index (χ0) is 16.7. The van der Waals surface area contributed by atoms with Gasteiger partial charge < -0.3 is 14.8 Å². The second-order valence-electron chi connectivity index (χ2n) is 5.32. The fourth-order valence-electron chi connectivity index (χ4n) is 2.09. The summed E-state index contributed by atoms with van der Waals surface area (Å²) in [4.78, 5) is 12.0. The predicted molar refractivity (Wildman–Crippen MR) is 90.8 cm³/mol. The molecule has 2 aromatic carbocycles. The van der Waals surface area contributed by atoms with E-state index < -0.39 is 5.60 Å². The molecule has 1 unspecified atom stereocenters. The summed E-state index contributed by atoms with van der Waals surface area (Å²) in [5.74, 6) is 0.450. The number of ether oxygens (including phenoxy) is 2. The third-order valence-electron chi connectivity index (χ3n) is 3.62. The Morgan fingerprint density at radius 2 is 1.91 bits per heavy atom. The maximum absolute atomic E-state index is 12.0. The highest BCUT2D eigenvalue weighted by Crippen LogP contribution is 2.26. The summed E-state index contributed by atoms with van der Waals surface area (Å²) >= 11 is 6.03. The molecule has 0 radical (unpaired) electrons. The van der Waals surface area contributed by atoms with Crippen LogP contribution in [0.4, 0.5) is 0 Å². The molecule has 5 heteroatoms. The van der Waals surface area contributed by atoms with Crippen LogP contribution in [0.2, 0.25) is 5.02 Å². The molecule has 1 atom stereocenters. The van der Waals surface area contributed by atoms with Crippen LogP contribution in [-0.2, 0) is 15.1 Å². The summed E-state index contributed by atoms with van der Waals surface area (Å²) in [6, 6.07) is 16.6. The number of para-hydroxylation sites is 1. The lowest BCUT2D eigenvalue weighted by Crippen LogP contribution is -2.41. The molecule has 0 aromatic heterocycles. The summed E-state index contributed by atoms with van der Waals surface area (Å²) in [6.07, 6.45) is 0. The van der Waals surface area contributed by atoms with Crippen molar-refractivity contribution in [2.75, 3.05) is 20.3 Å². The van der Waals surface area contributed by atoms with Crippen molar-refractivity contribution in [1.82, 2.24) is 5.32 Å². The summed E-state index contributed by atoms with van der Waals surface area (Å²) in [6.45, 7) is 2.18. The predicted octanol–water partition coefficient (Wildman–Crippen LogP) is 3.40. The van der Waals surface area contributed by atoms with Gasteiger partial charge in [0.1, 0.15) is 11.4 Å². The van der Waals surface area contributed by atoms with Gasteiger partial charge in [0.05, 0.1) is 6.54 Å². The summed E-state index contributed by atoms with van der Waals surface area (Å²) in [7, 11) is 1.60. The SMILES string of the molecule is COC(C)(CNC(=O)COc1ccccc1)c1cccc(Cl)c1. The average molecular weight is 334 g/mol. The van der Waals surface area contributed by atoms with Crippen molar-refractivity contribution in [3.63, 3.8) is 0 Å². The number of carbonyl (C=O) groups excluding carboxylic acids is 1. The molecule has 4 nitrogen and oxygen atoms in total. The Kier molecular flexibility index (Phi) is 6.02. The van der Waals surface area contributed by atoms with Crippen molar-refractivity contribution < 1.29 is 14.3 Å². The Bertz CT molecular complexity index is 648. The Hall–Kier alpha value is -2.04. The van der Waals surface area contributed by atoms with E-state index in [1.165, 1.54) is 0 Å². The third-order valence-corrected chi connectivity index (χ3v) is 3.86. The number of rotatable bonds is 7. The van der Waals surface area contributed by atoms with Crippen molar-refractivity contribution in [1.29, 1.82) is 0 Å². The Morgan fingerprint density at radius 1 is 1.17 bits per heavy atom. The van der Waals surface area contributed by atoms with E-state index in [1.54, 1.807) is 25.3 Å². The maximum Gasteiger partial charge on any atom is 0.258 e. The molecule has 0 aliphatic rings. The number of amides is 1. The van der Waals surface area contributed by atoms with Gasteiger partial charge in [0, 0.05) is 12.1 Å². The number of methoxy groups -OCH3 is 1. The molecule has 2 rings (SSSR count). The van der Waals surface area contributed by atoms with Gasteiger partial charge in [0.2, 0.25) is 0 Å². The minimum atomic E-state index is -0.659. The quantitative estimate of drug-likeness (QED) is 0.844. The summed E-state index contributed by atoms with van der Waals surface area (Å²) in [5.41, 5.74) is 0.240. The topological polar surface area (TPSA) is 47.6 Å². The molecule has 1 amide bonds. The van der Waals surface area contributed by atoms with E-state index in [0.29, 0.717) is 17.3 Å². The number of halogens is 1. The van der Waals surface area contributed by atoms with Crippen LogP contribution in [0, 0.1) is 0 Å². The third kappa shape index (κ3) is 4.98. The highest BCUT2D eigenvalue weighted by molar-refractivity contribution is 6.30. The van der Waals surface area contributed by atoms with Crippen molar-refractivity contribution in [2.45, 2.75) is 12.5 Å². The zero-order valence-corrected chi connectivity index (χ0v) is 14.0. The standard InChI is InChI=1S/C18H20ClNO3/c1-18(22-2,14-7-6-8-15(19)11-14)13-20-17(21)12-23-16-9-4-3-5-10-16/h3-11H,12-13H2,1-2H3,(H,20,21). The van der Waals surface area contributed by atoms with Gasteiger partial charge in [-0.05, 0) is 36.8 Å². The van der Waals surface area contributed by atoms with Gasteiger partial charge in [-0.2, -0.15) is 0 Å². The minimum absolute atomic E-state index is 0.0423. The molecule has 0 bridgehead atoms. The van der Waals surface area contributed by atoms with E-state index in [4.69, 9.17) is 21.1 Å². The van der Waals surface area contributed by atoms with Gasteiger partial charge in [-0.15, -0.1) is 0 Å². The fraction of sp³-hybridized carbons (Fsp3) is 0.278. The van der Waals surface area contributed by atoms with E-state index in [0.717, 1.165) is 5.56 Å². The highest BCUT2D eigenvalue weighted by atomic mass is 35.5. The number of benzene rings is 2. The van der Waals surface area contributed by atoms with Crippen LogP contribution in [0.15, 0.2) is 54.6 Å². The normalized spacial score (nSPS) is 13.2. The van der Waals surface area contributed by atoms with Crippen LogP contribution in [0.5, 0.6) is 5.75 Å². The first-order chi connectivity index (χ1) is 11.0. The molecular weight excluding hydrogens is 314 g/mol. The first kappa shape index (κ1) is 17.3. The van der Waals surface area contributed by atoms with Crippen LogP contribution in [0.25, 0.3) is 0 Å². The van der Waals surface area contributed by atoms with Gasteiger partial charge in [-0.1, -0.05) is 41.9 Å². The Morgan fingerprint density at radius 3 is 2.57 bits per heavy atom. The lowest BCUT2D eigenvalue weighted by molar-refractivity contribution is -0.124. The molecule has 0 fully saturated rings. The molecule has 0 saturated heterocycles. The lowest BCUT2D eigenvalue weighted by Gasteiger charge is -2.29. The molecule has 0 heterocycles. The number of nitrogens with one attached hydrogen (secondary N) is 1. The largest absolute Gasteiger partial charge is 0.484 e. The number of hydrogen-bond acceptors (Lipinski definition) is 3. The van der Waals surface area contributed by atoms with Crippen molar-refractivity contribution in [3.8, 4) is 5.75 Å². The van der Waals surface area contributed by atoms with Crippen molar-refractivity contribution in [3.05, 3.63) is 65.2 Å². The number of carbonyl (C=O) groups is 1. The smallest absolute Gasteiger partial charge is 0.258 e. The minimum Gasteiger partial charge on any atom is -0.484 e. The van der Waals surface area contributed by atoms with E-state index in [9.17, 15) is 4.79 Å². The molecule has 23 heavy (non-hydrogen) atoms. The first-order valence-electron chi connectivity index (χ1n) is 7.29. The van der Waals surface area contributed by atoms with Gasteiger partial charge in [0.25, 0.3) is 5.91 Å². The van der Waals surface area contributed by atoms with Gasteiger partial charge in [-0.3, -0.25) is 4.79 Å². The van der Waals surface area contributed by atoms with Gasteiger partial charge in [0.15, 0.2) is 6.61 Å². The van der Waals surface area contributed by atoms with E-state index in [1.807, 2.05) is 43.3 Å². The Labute approximate surface area is 141 Å². The summed E-state index contributed by atoms with van der Waals surface area (Å²) < 4.78 is 11.0. The van der Waals surface area contributed by atoms with Gasteiger partial charge in [-0.25, -0.2) is 0 Å². The molecule has 1 N–H and O–H groups in total. The molecule has 0 spiro atoms. The molecular formula is C18H20ClNO3. The fourth-order valence-corrected chi connectivity index (χ4v) is 2.28. The van der Waals surface area contributed by atoms with E-state index in [2.05, 4.69) is 5.32 Å². The van der Waals surface area contributed by atoms with Crippen LogP contribution >= 0.6 is 11.6 Å². The molecule has 2 aromatic rings. The van der Waals surface area contributed by atoms with Crippen molar-refractivity contribution in [2.24, 2.45) is 0 Å². The van der Waals surface area contributed by atoms with E-state index in [-0.39, 0.29) is 12.5 Å². The number of hydrogen-bond donors (Lipinski definition) is 1. The van der Waals surface area contributed by atoms with E-state index >= 15 is 0 Å². The van der Waals surface area contributed by atoms with Crippen LogP contribution in [0.3, 0.4) is 0 Å². The van der Waals surface area contributed by atoms with Crippen molar-refractivity contribution >= 4 is 17.5 Å². The lowest BCUT2D eigenvalue weighted by atomic mass is 9.95. The molecule has 0 aliphatic heterocycles. The first-order valence-corrected chi connectivity index (χ1v) is 7.67. The molecule has 0 saturated carbocycles. The second kappa shape index (κ2) is 7.99. The highest BCUT2D eigenvalue weighted by Gasteiger charge is 2.27. The Balaban J connectivity index is 1.90. The molecule has 122 valence electrons. The second-order valence-corrected chi connectivity index (χ2v) is 5.76. The zero-order valence-electron chi connectivity index (χ0n) is 13.2. The van der Waals surface area contributed by atoms with Crippen LogP contribution < -0.4 is 10.1 Å². The monoisotopic (exact) mass is 333 g/mol. The van der Waals surface area contributed by atoms with Crippen LogP contribution in [0.1, 0.15) is 12.5 Å². The maximum atomic E-state index is 12.0. The molecule has 0 aliphatic carbocycles. The van der Waals surface area contributed by atoms with Gasteiger partial charge >= 0.3 is 0 Å². The summed E-state index contributed by atoms with van der Waals surface area (Å²) in [5, 5.41) is 3.46.